The van der Waals surface area contributed by atoms with Crippen LogP contribution in [0.4, 0.5) is 0 Å². The second kappa shape index (κ2) is 7.10. The van der Waals surface area contributed by atoms with Crippen LogP contribution >= 0.6 is 0 Å². The van der Waals surface area contributed by atoms with Gasteiger partial charge in [-0.2, -0.15) is 0 Å². The van der Waals surface area contributed by atoms with Crippen LogP contribution in [0.15, 0.2) is 54.8 Å². The van der Waals surface area contributed by atoms with Crippen molar-refractivity contribution in [1.29, 1.82) is 0 Å². The Labute approximate surface area is 130 Å². The van der Waals surface area contributed by atoms with Gasteiger partial charge in [-0.3, -0.25) is 4.90 Å². The van der Waals surface area contributed by atoms with Crippen molar-refractivity contribution in [3.05, 3.63) is 60.4 Å². The average Bonchev–Trinajstić information content (AvgIpc) is 2.42. The average molecular weight is 302 g/mol. The van der Waals surface area contributed by atoms with Crippen molar-refractivity contribution >= 4 is 8.32 Å². The molecule has 0 amide bonds. The van der Waals surface area contributed by atoms with Gasteiger partial charge in [0.25, 0.3) is 0 Å². The van der Waals surface area contributed by atoms with Gasteiger partial charge in [-0.25, -0.2) is 0 Å². The summed E-state index contributed by atoms with van der Waals surface area (Å²) in [6.07, 6.45) is 5.28. The van der Waals surface area contributed by atoms with Crippen LogP contribution in [0.25, 0.3) is 0 Å². The smallest absolute Gasteiger partial charge is 0.241 e. The molecule has 2 nitrogen and oxygen atoms in total. The summed E-state index contributed by atoms with van der Waals surface area (Å²) < 4.78 is 6.27. The van der Waals surface area contributed by atoms with Crippen LogP contribution in [0.1, 0.15) is 12.0 Å². The van der Waals surface area contributed by atoms with Crippen LogP contribution < -0.4 is 0 Å². The van der Waals surface area contributed by atoms with Crippen molar-refractivity contribution in [1.82, 2.24) is 4.90 Å². The Hall–Kier alpha value is -1.32. The zero-order valence-corrected chi connectivity index (χ0v) is 14.5. The van der Waals surface area contributed by atoms with Crippen LogP contribution in [0.3, 0.4) is 0 Å². The molecule has 0 saturated heterocycles. The summed E-state index contributed by atoms with van der Waals surface area (Å²) in [5, 5.41) is 0. The molecule has 1 aromatic rings. The fourth-order valence-corrected chi connectivity index (χ4v) is 3.66. The molecule has 1 unspecified atom stereocenters. The molecule has 0 aliphatic carbocycles. The van der Waals surface area contributed by atoms with Crippen LogP contribution in [-0.4, -0.2) is 26.3 Å². The van der Waals surface area contributed by atoms with Gasteiger partial charge in [0.15, 0.2) is 0 Å². The minimum atomic E-state index is -1.53. The Morgan fingerprint density at radius 3 is 2.62 bits per heavy atom. The van der Waals surface area contributed by atoms with E-state index in [-0.39, 0.29) is 0 Å². The normalized spacial score (nSPS) is 20.0. The second-order valence-electron chi connectivity index (χ2n) is 6.72. The van der Waals surface area contributed by atoms with E-state index in [0.29, 0.717) is 5.92 Å². The molecule has 0 N–H and O–H groups in total. The molecule has 21 heavy (non-hydrogen) atoms. The van der Waals surface area contributed by atoms with E-state index < -0.39 is 8.32 Å². The first kappa shape index (κ1) is 16.1. The lowest BCUT2D eigenvalue weighted by molar-refractivity contribution is 0.201. The summed E-state index contributed by atoms with van der Waals surface area (Å²) in [4.78, 5) is 2.49. The van der Waals surface area contributed by atoms with E-state index in [0.717, 1.165) is 26.1 Å². The first-order chi connectivity index (χ1) is 9.98. The second-order valence-corrected chi connectivity index (χ2v) is 11.2. The van der Waals surface area contributed by atoms with E-state index in [9.17, 15) is 0 Å². The molecule has 1 aliphatic rings. The SMILES string of the molecule is C=CCC1CN(Cc2ccccc2)CC=C1O[Si](C)(C)C. The third kappa shape index (κ3) is 5.18. The fourth-order valence-electron chi connectivity index (χ4n) is 2.70. The van der Waals surface area contributed by atoms with Crippen molar-refractivity contribution < 1.29 is 4.43 Å². The standard InChI is InChI=1S/C18H27NOSi/c1-5-9-17-15-19(14-16-10-7-6-8-11-16)13-12-18(17)20-21(2,3)4/h5-8,10-12,17H,1,9,13-15H2,2-4H3. The Morgan fingerprint density at radius 2 is 2.00 bits per heavy atom. The van der Waals surface area contributed by atoms with Gasteiger partial charge in [0.1, 0.15) is 0 Å². The highest BCUT2D eigenvalue weighted by Crippen LogP contribution is 2.27. The lowest BCUT2D eigenvalue weighted by Gasteiger charge is -2.35. The quantitative estimate of drug-likeness (QED) is 0.569. The highest BCUT2D eigenvalue weighted by molar-refractivity contribution is 6.70. The third-order valence-electron chi connectivity index (χ3n) is 3.56. The highest BCUT2D eigenvalue weighted by Gasteiger charge is 2.27. The summed E-state index contributed by atoms with van der Waals surface area (Å²) in [5.41, 5.74) is 1.37. The molecule has 0 saturated carbocycles. The lowest BCUT2D eigenvalue weighted by atomic mass is 9.98. The number of allylic oxidation sites excluding steroid dienone is 1. The predicted octanol–water partition coefficient (Wildman–Crippen LogP) is 4.43. The van der Waals surface area contributed by atoms with E-state index in [1.807, 2.05) is 6.08 Å². The van der Waals surface area contributed by atoms with Crippen LogP contribution in [-0.2, 0) is 11.0 Å². The van der Waals surface area contributed by atoms with Crippen LogP contribution in [0, 0.1) is 5.92 Å². The Kier molecular flexibility index (Phi) is 5.43. The first-order valence-corrected chi connectivity index (χ1v) is 11.1. The molecule has 1 atom stereocenters. The highest BCUT2D eigenvalue weighted by atomic mass is 28.4. The molecule has 114 valence electrons. The molecule has 1 heterocycles. The molecule has 1 aromatic carbocycles. The van der Waals surface area contributed by atoms with E-state index in [4.69, 9.17) is 4.43 Å². The van der Waals surface area contributed by atoms with Gasteiger partial charge in [0, 0.05) is 25.6 Å². The maximum atomic E-state index is 6.27. The molecule has 3 heteroatoms. The Morgan fingerprint density at radius 1 is 1.29 bits per heavy atom. The van der Waals surface area contributed by atoms with Crippen molar-refractivity contribution in [3.63, 3.8) is 0 Å². The zero-order chi connectivity index (χ0) is 15.3. The summed E-state index contributed by atoms with van der Waals surface area (Å²) in [6, 6.07) is 10.7. The molecule has 0 aromatic heterocycles. The van der Waals surface area contributed by atoms with E-state index in [1.54, 1.807) is 0 Å². The number of nitrogens with zero attached hydrogens (tertiary/aromatic N) is 1. The zero-order valence-electron chi connectivity index (χ0n) is 13.5. The number of hydrogen-bond donors (Lipinski definition) is 0. The summed E-state index contributed by atoms with van der Waals surface area (Å²) in [5.74, 6) is 1.64. The predicted molar refractivity (Wildman–Crippen MR) is 92.5 cm³/mol. The van der Waals surface area contributed by atoms with Crippen molar-refractivity contribution in [3.8, 4) is 0 Å². The van der Waals surface area contributed by atoms with Crippen LogP contribution in [0.5, 0.6) is 0 Å². The minimum Gasteiger partial charge on any atom is -0.547 e. The van der Waals surface area contributed by atoms with Crippen LogP contribution in [0.2, 0.25) is 19.6 Å². The van der Waals surface area contributed by atoms with Gasteiger partial charge >= 0.3 is 0 Å². The van der Waals surface area contributed by atoms with Gasteiger partial charge in [0.2, 0.25) is 8.32 Å². The molecular formula is C18H27NOSi. The molecule has 0 spiro atoms. The molecule has 0 fully saturated rings. The Bertz CT molecular complexity index is 490. The third-order valence-corrected chi connectivity index (χ3v) is 4.40. The number of benzene rings is 1. The van der Waals surface area contributed by atoms with E-state index in [2.05, 4.69) is 67.5 Å². The summed E-state index contributed by atoms with van der Waals surface area (Å²) in [6.45, 7) is 13.7. The minimum absolute atomic E-state index is 0.451. The van der Waals surface area contributed by atoms with Crippen molar-refractivity contribution in [2.45, 2.75) is 32.6 Å². The summed E-state index contributed by atoms with van der Waals surface area (Å²) >= 11 is 0. The van der Waals surface area contributed by atoms with Gasteiger partial charge < -0.3 is 4.43 Å². The van der Waals surface area contributed by atoms with Gasteiger partial charge in [-0.15, -0.1) is 6.58 Å². The molecule has 1 aliphatic heterocycles. The molecular weight excluding hydrogens is 274 g/mol. The number of hydrogen-bond acceptors (Lipinski definition) is 2. The maximum Gasteiger partial charge on any atom is 0.241 e. The van der Waals surface area contributed by atoms with E-state index in [1.165, 1.54) is 11.3 Å². The lowest BCUT2D eigenvalue weighted by Crippen LogP contribution is -2.37. The summed E-state index contributed by atoms with van der Waals surface area (Å²) in [7, 11) is -1.53. The monoisotopic (exact) mass is 301 g/mol. The first-order valence-electron chi connectivity index (χ1n) is 7.74. The molecule has 0 bridgehead atoms. The van der Waals surface area contributed by atoms with E-state index >= 15 is 0 Å². The van der Waals surface area contributed by atoms with Gasteiger partial charge in [-0.05, 0) is 37.7 Å². The van der Waals surface area contributed by atoms with Crippen molar-refractivity contribution in [2.24, 2.45) is 5.92 Å². The van der Waals surface area contributed by atoms with Gasteiger partial charge in [0.05, 0.1) is 5.76 Å². The fraction of sp³-hybridized carbons (Fsp3) is 0.444. The topological polar surface area (TPSA) is 12.5 Å². The number of rotatable bonds is 6. The Balaban J connectivity index is 2.04. The van der Waals surface area contributed by atoms with Gasteiger partial charge in [-0.1, -0.05) is 36.4 Å². The van der Waals surface area contributed by atoms with Crippen molar-refractivity contribution in [2.75, 3.05) is 13.1 Å². The largest absolute Gasteiger partial charge is 0.547 e. The molecule has 2 rings (SSSR count). The maximum absolute atomic E-state index is 6.27. The molecule has 0 radical (unpaired) electrons.